The average molecular weight is 376 g/mol. The number of piperidine rings is 2. The van der Waals surface area contributed by atoms with Crippen LogP contribution in [0.1, 0.15) is 49.0 Å². The Morgan fingerprint density at radius 3 is 2.52 bits per heavy atom. The van der Waals surface area contributed by atoms with Gasteiger partial charge in [-0.3, -0.25) is 9.78 Å². The molecule has 0 bridgehead atoms. The Morgan fingerprint density at radius 2 is 1.81 bits per heavy atom. The summed E-state index contributed by atoms with van der Waals surface area (Å²) in [5.41, 5.74) is 0.0335. The van der Waals surface area contributed by atoms with Crippen LogP contribution in [0.2, 0.25) is 0 Å². The van der Waals surface area contributed by atoms with Gasteiger partial charge in [-0.2, -0.15) is 0 Å². The maximum Gasteiger partial charge on any atom is 0.274 e. The predicted octanol–water partition coefficient (Wildman–Crippen LogP) is 0.584. The second-order valence-electron chi connectivity index (χ2n) is 7.94. The molecular formula is C19H28N4O4. The van der Waals surface area contributed by atoms with Crippen molar-refractivity contribution in [3.05, 3.63) is 18.1 Å². The molecular weight excluding hydrogens is 348 g/mol. The molecule has 3 fully saturated rings. The first-order valence-corrected chi connectivity index (χ1v) is 9.93. The number of hydrogen-bond donors (Lipinski definition) is 2. The van der Waals surface area contributed by atoms with Crippen molar-refractivity contribution in [2.24, 2.45) is 0 Å². The van der Waals surface area contributed by atoms with Crippen molar-refractivity contribution in [2.45, 2.75) is 56.3 Å². The van der Waals surface area contributed by atoms with Gasteiger partial charge in [0.1, 0.15) is 17.6 Å². The van der Waals surface area contributed by atoms with Gasteiger partial charge in [-0.05, 0) is 32.1 Å². The van der Waals surface area contributed by atoms with Crippen molar-refractivity contribution in [2.75, 3.05) is 37.7 Å². The average Bonchev–Trinajstić information content (AvgIpc) is 2.72. The van der Waals surface area contributed by atoms with Gasteiger partial charge in [0.15, 0.2) is 0 Å². The van der Waals surface area contributed by atoms with Crippen molar-refractivity contribution in [3.63, 3.8) is 0 Å². The number of aliphatic hydroxyl groups is 2. The van der Waals surface area contributed by atoms with E-state index < -0.39 is 12.2 Å². The van der Waals surface area contributed by atoms with E-state index in [9.17, 15) is 15.0 Å². The molecule has 3 saturated heterocycles. The lowest BCUT2D eigenvalue weighted by Gasteiger charge is -2.46. The van der Waals surface area contributed by atoms with Crippen LogP contribution in [0.25, 0.3) is 0 Å². The summed E-state index contributed by atoms with van der Waals surface area (Å²) < 4.78 is 5.88. The van der Waals surface area contributed by atoms with Crippen molar-refractivity contribution >= 4 is 11.7 Å². The molecule has 0 saturated carbocycles. The standard InChI is InChI=1S/C19H28N4O4/c24-15-10-19(27-13-16(15)25)4-8-22(9-5-19)17-12-20-11-14(21-17)18(26)23-6-2-1-3-7-23/h11-12,15-16,24-25H,1-10,13H2/t15-,16+/m1/s1. The Balaban J connectivity index is 1.41. The first-order valence-electron chi connectivity index (χ1n) is 9.93. The van der Waals surface area contributed by atoms with E-state index in [-0.39, 0.29) is 18.1 Å². The number of amides is 1. The van der Waals surface area contributed by atoms with Crippen LogP contribution in [0.5, 0.6) is 0 Å². The summed E-state index contributed by atoms with van der Waals surface area (Å²) in [5, 5.41) is 19.7. The van der Waals surface area contributed by atoms with Gasteiger partial charge in [0, 0.05) is 32.6 Å². The molecule has 148 valence electrons. The molecule has 8 heteroatoms. The number of nitrogens with zero attached hydrogens (tertiary/aromatic N) is 4. The molecule has 0 radical (unpaired) electrons. The highest BCUT2D eigenvalue weighted by atomic mass is 16.5. The monoisotopic (exact) mass is 376 g/mol. The van der Waals surface area contributed by atoms with E-state index >= 15 is 0 Å². The molecule has 2 N–H and O–H groups in total. The van der Waals surface area contributed by atoms with E-state index in [1.54, 1.807) is 12.4 Å². The van der Waals surface area contributed by atoms with E-state index in [1.807, 2.05) is 4.90 Å². The molecule has 4 rings (SSSR count). The number of hydrogen-bond acceptors (Lipinski definition) is 7. The summed E-state index contributed by atoms with van der Waals surface area (Å²) in [4.78, 5) is 25.5. The maximum atomic E-state index is 12.7. The fraction of sp³-hybridized carbons (Fsp3) is 0.737. The normalized spacial score (nSPS) is 28.4. The summed E-state index contributed by atoms with van der Waals surface area (Å²) in [6.45, 7) is 3.21. The summed E-state index contributed by atoms with van der Waals surface area (Å²) >= 11 is 0. The molecule has 1 amide bonds. The summed E-state index contributed by atoms with van der Waals surface area (Å²) in [6, 6.07) is 0. The highest BCUT2D eigenvalue weighted by Crippen LogP contribution is 2.36. The van der Waals surface area contributed by atoms with Crippen molar-refractivity contribution in [1.29, 1.82) is 0 Å². The molecule has 3 aliphatic rings. The summed E-state index contributed by atoms with van der Waals surface area (Å²) in [6.07, 6.45) is 6.97. The highest BCUT2D eigenvalue weighted by Gasteiger charge is 2.43. The smallest absolute Gasteiger partial charge is 0.274 e. The number of ether oxygens (including phenoxy) is 1. The lowest BCUT2D eigenvalue weighted by molar-refractivity contribution is -0.178. The number of anilines is 1. The van der Waals surface area contributed by atoms with Crippen LogP contribution in [0, 0.1) is 0 Å². The molecule has 27 heavy (non-hydrogen) atoms. The third kappa shape index (κ3) is 3.93. The molecule has 4 heterocycles. The number of rotatable bonds is 2. The fourth-order valence-corrected chi connectivity index (χ4v) is 4.31. The Kier molecular flexibility index (Phi) is 5.29. The third-order valence-electron chi connectivity index (χ3n) is 6.07. The zero-order chi connectivity index (χ0) is 18.9. The minimum absolute atomic E-state index is 0.0368. The van der Waals surface area contributed by atoms with Gasteiger partial charge in [-0.25, -0.2) is 4.98 Å². The van der Waals surface area contributed by atoms with Gasteiger partial charge in [-0.15, -0.1) is 0 Å². The van der Waals surface area contributed by atoms with E-state index in [0.29, 0.717) is 17.9 Å². The molecule has 1 aromatic rings. The van der Waals surface area contributed by atoms with E-state index in [0.717, 1.165) is 51.9 Å². The van der Waals surface area contributed by atoms with Crippen LogP contribution < -0.4 is 4.90 Å². The van der Waals surface area contributed by atoms with Gasteiger partial charge in [0.2, 0.25) is 0 Å². The van der Waals surface area contributed by atoms with E-state index in [1.165, 1.54) is 6.42 Å². The van der Waals surface area contributed by atoms with Crippen LogP contribution in [-0.2, 0) is 4.74 Å². The number of likely N-dealkylation sites (tertiary alicyclic amines) is 1. The third-order valence-corrected chi connectivity index (χ3v) is 6.07. The molecule has 3 aliphatic heterocycles. The number of carbonyl (C=O) groups is 1. The van der Waals surface area contributed by atoms with Crippen LogP contribution in [0.4, 0.5) is 5.82 Å². The van der Waals surface area contributed by atoms with Crippen LogP contribution >= 0.6 is 0 Å². The SMILES string of the molecule is O=C(c1cncc(N2CCC3(CC2)C[C@@H](O)[C@@H](O)CO3)n1)N1CCCCC1. The quantitative estimate of drug-likeness (QED) is 0.779. The molecule has 8 nitrogen and oxygen atoms in total. The summed E-state index contributed by atoms with van der Waals surface area (Å²) in [7, 11) is 0. The van der Waals surface area contributed by atoms with Gasteiger partial charge < -0.3 is 24.7 Å². The maximum absolute atomic E-state index is 12.7. The Bertz CT molecular complexity index is 671. The molecule has 2 atom stereocenters. The second kappa shape index (κ2) is 7.69. The van der Waals surface area contributed by atoms with Crippen LogP contribution in [0.3, 0.4) is 0 Å². The van der Waals surface area contributed by atoms with Gasteiger partial charge in [0.05, 0.1) is 30.7 Å². The van der Waals surface area contributed by atoms with Crippen LogP contribution in [0.15, 0.2) is 12.4 Å². The Morgan fingerprint density at radius 1 is 1.07 bits per heavy atom. The molecule has 0 aliphatic carbocycles. The first-order chi connectivity index (χ1) is 13.1. The van der Waals surface area contributed by atoms with E-state index in [2.05, 4.69) is 14.9 Å². The molecule has 0 aromatic carbocycles. The molecule has 0 unspecified atom stereocenters. The molecule has 1 aromatic heterocycles. The number of aliphatic hydroxyl groups excluding tert-OH is 2. The van der Waals surface area contributed by atoms with Crippen molar-refractivity contribution < 1.29 is 19.7 Å². The highest BCUT2D eigenvalue weighted by molar-refractivity contribution is 5.92. The summed E-state index contributed by atoms with van der Waals surface area (Å²) in [5.74, 6) is 0.675. The zero-order valence-corrected chi connectivity index (χ0v) is 15.6. The second-order valence-corrected chi connectivity index (χ2v) is 7.94. The zero-order valence-electron chi connectivity index (χ0n) is 15.6. The first kappa shape index (κ1) is 18.6. The number of carbonyl (C=O) groups excluding carboxylic acids is 1. The fourth-order valence-electron chi connectivity index (χ4n) is 4.31. The van der Waals surface area contributed by atoms with Gasteiger partial charge in [-0.1, -0.05) is 0 Å². The minimum Gasteiger partial charge on any atom is -0.390 e. The molecule has 1 spiro atoms. The van der Waals surface area contributed by atoms with Crippen molar-refractivity contribution in [1.82, 2.24) is 14.9 Å². The Hall–Kier alpha value is -1.77. The largest absolute Gasteiger partial charge is 0.390 e. The van der Waals surface area contributed by atoms with Crippen LogP contribution in [-0.4, -0.2) is 81.6 Å². The lowest BCUT2D eigenvalue weighted by Crippen LogP contribution is -2.54. The Labute approximate surface area is 159 Å². The van der Waals surface area contributed by atoms with Crippen molar-refractivity contribution in [3.8, 4) is 0 Å². The lowest BCUT2D eigenvalue weighted by atomic mass is 9.82. The van der Waals surface area contributed by atoms with Gasteiger partial charge >= 0.3 is 0 Å². The van der Waals surface area contributed by atoms with E-state index in [4.69, 9.17) is 4.74 Å². The number of aromatic nitrogens is 2. The minimum atomic E-state index is -0.794. The van der Waals surface area contributed by atoms with Gasteiger partial charge in [0.25, 0.3) is 5.91 Å². The topological polar surface area (TPSA) is 99.0 Å². The predicted molar refractivity (Wildman–Crippen MR) is 98.5 cm³/mol.